The maximum atomic E-state index is 12.4. The minimum Gasteiger partial charge on any atom is -0.355 e. The zero-order valence-corrected chi connectivity index (χ0v) is 14.6. The summed E-state index contributed by atoms with van der Waals surface area (Å²) >= 11 is 11.8. The fraction of sp³-hybridized carbons (Fsp3) is 0.167. The Labute approximate surface area is 155 Å². The Morgan fingerprint density at radius 1 is 1.16 bits per heavy atom. The molecule has 7 heteroatoms. The summed E-state index contributed by atoms with van der Waals surface area (Å²) in [6.07, 6.45) is 1.45. The number of amides is 2. The number of hydrazone groups is 1. The first-order valence-electron chi connectivity index (χ1n) is 7.67. The van der Waals surface area contributed by atoms with Crippen LogP contribution in [0.4, 0.5) is 0 Å². The molecule has 2 amide bonds. The summed E-state index contributed by atoms with van der Waals surface area (Å²) in [5.74, 6) is -1.77. The van der Waals surface area contributed by atoms with Crippen LogP contribution in [0, 0.1) is 5.92 Å². The van der Waals surface area contributed by atoms with E-state index in [0.717, 1.165) is 5.56 Å². The summed E-state index contributed by atoms with van der Waals surface area (Å²) in [6.45, 7) is 0.428. The van der Waals surface area contributed by atoms with Crippen LogP contribution in [0.1, 0.15) is 17.0 Å². The number of benzene rings is 2. The van der Waals surface area contributed by atoms with Gasteiger partial charge in [0.2, 0.25) is 5.91 Å². The van der Waals surface area contributed by atoms with Crippen molar-refractivity contribution in [3.63, 3.8) is 0 Å². The summed E-state index contributed by atoms with van der Waals surface area (Å²) in [6, 6.07) is 14.5. The van der Waals surface area contributed by atoms with E-state index in [9.17, 15) is 9.59 Å². The molecule has 2 aromatic carbocycles. The standard InChI is InChI=1S/C18H15Cl2N3O2/c19-14-7-6-11(8-15(14)20)9-22-23-18(25)16-13(10-21-17(16)24)12-4-2-1-3-5-12/h1-9,13,16H,10H2,(H,21,24)(H,23,25). The molecule has 0 bridgehead atoms. The van der Waals surface area contributed by atoms with Gasteiger partial charge in [0.1, 0.15) is 5.92 Å². The fourth-order valence-corrected chi connectivity index (χ4v) is 3.07. The van der Waals surface area contributed by atoms with Crippen molar-refractivity contribution in [3.05, 3.63) is 69.7 Å². The van der Waals surface area contributed by atoms with E-state index in [1.165, 1.54) is 6.21 Å². The van der Waals surface area contributed by atoms with Gasteiger partial charge in [-0.2, -0.15) is 5.10 Å². The molecule has 0 spiro atoms. The van der Waals surface area contributed by atoms with Gasteiger partial charge in [-0.05, 0) is 23.3 Å². The smallest absolute Gasteiger partial charge is 0.253 e. The van der Waals surface area contributed by atoms with E-state index >= 15 is 0 Å². The number of rotatable bonds is 4. The summed E-state index contributed by atoms with van der Waals surface area (Å²) in [5.41, 5.74) is 4.06. The molecule has 1 aliphatic rings. The topological polar surface area (TPSA) is 70.6 Å². The van der Waals surface area contributed by atoms with Crippen LogP contribution in [0.25, 0.3) is 0 Å². The molecule has 2 atom stereocenters. The van der Waals surface area contributed by atoms with Crippen molar-refractivity contribution < 1.29 is 9.59 Å². The Morgan fingerprint density at radius 2 is 1.92 bits per heavy atom. The molecular weight excluding hydrogens is 361 g/mol. The first-order chi connectivity index (χ1) is 12.1. The maximum absolute atomic E-state index is 12.4. The molecule has 3 rings (SSSR count). The summed E-state index contributed by atoms with van der Waals surface area (Å²) in [7, 11) is 0. The highest BCUT2D eigenvalue weighted by Crippen LogP contribution is 2.29. The van der Waals surface area contributed by atoms with Gasteiger partial charge in [0.05, 0.1) is 16.3 Å². The molecule has 5 nitrogen and oxygen atoms in total. The number of hydrogen-bond acceptors (Lipinski definition) is 3. The quantitative estimate of drug-likeness (QED) is 0.489. The van der Waals surface area contributed by atoms with Gasteiger partial charge < -0.3 is 5.32 Å². The van der Waals surface area contributed by atoms with E-state index in [4.69, 9.17) is 23.2 Å². The second-order valence-corrected chi connectivity index (χ2v) is 6.46. The Balaban J connectivity index is 1.69. The Morgan fingerprint density at radius 3 is 2.64 bits per heavy atom. The number of nitrogens with one attached hydrogen (secondary N) is 2. The molecule has 2 unspecified atom stereocenters. The third kappa shape index (κ3) is 4.00. The second-order valence-electron chi connectivity index (χ2n) is 5.65. The second kappa shape index (κ2) is 7.68. The summed E-state index contributed by atoms with van der Waals surface area (Å²) in [5, 5.41) is 7.49. The zero-order chi connectivity index (χ0) is 17.8. The van der Waals surface area contributed by atoms with Crippen molar-refractivity contribution in [3.8, 4) is 0 Å². The third-order valence-electron chi connectivity index (χ3n) is 4.02. The average molecular weight is 376 g/mol. The molecule has 0 saturated carbocycles. The summed E-state index contributed by atoms with van der Waals surface area (Å²) in [4.78, 5) is 24.5. The lowest BCUT2D eigenvalue weighted by Crippen LogP contribution is -2.34. The van der Waals surface area contributed by atoms with Gasteiger partial charge >= 0.3 is 0 Å². The highest BCUT2D eigenvalue weighted by atomic mass is 35.5. The molecule has 0 aromatic heterocycles. The molecule has 1 aliphatic heterocycles. The van der Waals surface area contributed by atoms with Gasteiger partial charge in [0.25, 0.3) is 5.91 Å². The Hall–Kier alpha value is -2.37. The van der Waals surface area contributed by atoms with Gasteiger partial charge in [-0.25, -0.2) is 5.43 Å². The van der Waals surface area contributed by atoms with Crippen LogP contribution in [0.3, 0.4) is 0 Å². The van der Waals surface area contributed by atoms with Crippen molar-refractivity contribution in [2.75, 3.05) is 6.54 Å². The number of carbonyl (C=O) groups is 2. The van der Waals surface area contributed by atoms with Crippen LogP contribution in [0.5, 0.6) is 0 Å². The van der Waals surface area contributed by atoms with Crippen LogP contribution < -0.4 is 10.7 Å². The average Bonchev–Trinajstić information content (AvgIpc) is 3.00. The van der Waals surface area contributed by atoms with Crippen molar-refractivity contribution in [2.45, 2.75) is 5.92 Å². The molecular formula is C18H15Cl2N3O2. The van der Waals surface area contributed by atoms with E-state index in [1.54, 1.807) is 18.2 Å². The van der Waals surface area contributed by atoms with Gasteiger partial charge in [0.15, 0.2) is 0 Å². The Kier molecular flexibility index (Phi) is 5.36. The molecule has 0 aliphatic carbocycles. The van der Waals surface area contributed by atoms with Crippen molar-refractivity contribution in [2.24, 2.45) is 11.0 Å². The minimum atomic E-state index is -0.812. The van der Waals surface area contributed by atoms with Crippen LogP contribution >= 0.6 is 23.2 Å². The molecule has 1 fully saturated rings. The lowest BCUT2D eigenvalue weighted by molar-refractivity contribution is -0.133. The summed E-state index contributed by atoms with van der Waals surface area (Å²) < 4.78 is 0. The number of nitrogens with zero attached hydrogens (tertiary/aromatic N) is 1. The van der Waals surface area contributed by atoms with Crippen molar-refractivity contribution in [1.82, 2.24) is 10.7 Å². The van der Waals surface area contributed by atoms with E-state index in [2.05, 4.69) is 15.8 Å². The van der Waals surface area contributed by atoms with E-state index in [0.29, 0.717) is 22.2 Å². The number of carbonyl (C=O) groups excluding carboxylic acids is 2. The van der Waals surface area contributed by atoms with Crippen molar-refractivity contribution >= 4 is 41.2 Å². The minimum absolute atomic E-state index is 0.214. The van der Waals surface area contributed by atoms with Crippen LogP contribution in [0.2, 0.25) is 10.0 Å². The zero-order valence-electron chi connectivity index (χ0n) is 13.1. The van der Waals surface area contributed by atoms with E-state index in [1.807, 2.05) is 30.3 Å². The maximum Gasteiger partial charge on any atom is 0.253 e. The number of hydrogen-bond donors (Lipinski definition) is 2. The molecule has 128 valence electrons. The van der Waals surface area contributed by atoms with Crippen LogP contribution in [-0.4, -0.2) is 24.6 Å². The van der Waals surface area contributed by atoms with Gasteiger partial charge in [-0.15, -0.1) is 0 Å². The van der Waals surface area contributed by atoms with Crippen molar-refractivity contribution in [1.29, 1.82) is 0 Å². The van der Waals surface area contributed by atoms with Gasteiger partial charge in [-0.1, -0.05) is 59.6 Å². The van der Waals surface area contributed by atoms with E-state index in [-0.39, 0.29) is 11.8 Å². The molecule has 2 N–H and O–H groups in total. The van der Waals surface area contributed by atoms with Crippen LogP contribution in [0.15, 0.2) is 53.6 Å². The third-order valence-corrected chi connectivity index (χ3v) is 4.76. The molecule has 2 aromatic rings. The fourth-order valence-electron chi connectivity index (χ4n) is 2.77. The molecule has 1 heterocycles. The lowest BCUT2D eigenvalue weighted by atomic mass is 9.88. The molecule has 0 radical (unpaired) electrons. The number of halogens is 2. The normalized spacial score (nSPS) is 19.8. The molecule has 25 heavy (non-hydrogen) atoms. The highest BCUT2D eigenvalue weighted by molar-refractivity contribution is 6.42. The lowest BCUT2D eigenvalue weighted by Gasteiger charge is -2.15. The predicted octanol–water partition coefficient (Wildman–Crippen LogP) is 2.97. The predicted molar refractivity (Wildman–Crippen MR) is 97.9 cm³/mol. The first-order valence-corrected chi connectivity index (χ1v) is 8.42. The SMILES string of the molecule is O=C1NCC(c2ccccc2)C1C(=O)NN=Cc1ccc(Cl)c(Cl)c1. The first kappa shape index (κ1) is 17.5. The van der Waals surface area contributed by atoms with Gasteiger partial charge in [-0.3, -0.25) is 9.59 Å². The van der Waals surface area contributed by atoms with Crippen LogP contribution in [-0.2, 0) is 9.59 Å². The largest absolute Gasteiger partial charge is 0.355 e. The Bertz CT molecular complexity index is 824. The monoisotopic (exact) mass is 375 g/mol. The van der Waals surface area contributed by atoms with Gasteiger partial charge in [0, 0.05) is 12.5 Å². The molecule has 1 saturated heterocycles. The van der Waals surface area contributed by atoms with E-state index < -0.39 is 11.8 Å². The highest BCUT2D eigenvalue weighted by Gasteiger charge is 2.40.